The van der Waals surface area contributed by atoms with E-state index in [0.29, 0.717) is 19.3 Å². The van der Waals surface area contributed by atoms with E-state index in [1.54, 1.807) is 6.92 Å². The van der Waals surface area contributed by atoms with Crippen molar-refractivity contribution >= 4 is 18.0 Å². The van der Waals surface area contributed by atoms with E-state index in [9.17, 15) is 19.5 Å². The zero-order valence-corrected chi connectivity index (χ0v) is 20.2. The highest BCUT2D eigenvalue weighted by Crippen LogP contribution is 2.44. The highest BCUT2D eigenvalue weighted by Gasteiger charge is 2.33. The van der Waals surface area contributed by atoms with E-state index >= 15 is 0 Å². The highest BCUT2D eigenvalue weighted by molar-refractivity contribution is 5.81. The van der Waals surface area contributed by atoms with Gasteiger partial charge in [-0.1, -0.05) is 74.7 Å². The average molecular weight is 479 g/mol. The Morgan fingerprint density at radius 3 is 2.23 bits per heavy atom. The van der Waals surface area contributed by atoms with Crippen LogP contribution in [0.2, 0.25) is 0 Å². The summed E-state index contributed by atoms with van der Waals surface area (Å²) in [5.74, 6) is -2.15. The van der Waals surface area contributed by atoms with Gasteiger partial charge in [0.1, 0.15) is 6.61 Å². The summed E-state index contributed by atoms with van der Waals surface area (Å²) >= 11 is 0. The topological polar surface area (TPSA) is 105 Å². The fourth-order valence-electron chi connectivity index (χ4n) is 5.35. The predicted molar refractivity (Wildman–Crippen MR) is 133 cm³/mol. The lowest BCUT2D eigenvalue weighted by Crippen LogP contribution is -2.47. The molecule has 1 saturated carbocycles. The summed E-state index contributed by atoms with van der Waals surface area (Å²) in [4.78, 5) is 37.1. The lowest BCUT2D eigenvalue weighted by molar-refractivity contribution is -0.141. The molecule has 7 nitrogen and oxygen atoms in total. The molecule has 2 aliphatic rings. The molecule has 1 unspecified atom stereocenters. The van der Waals surface area contributed by atoms with E-state index in [1.807, 2.05) is 24.3 Å². The molecule has 3 N–H and O–H groups in total. The fourth-order valence-corrected chi connectivity index (χ4v) is 5.35. The molecule has 7 heteroatoms. The average Bonchev–Trinajstić information content (AvgIpc) is 2.99. The molecule has 0 spiro atoms. The summed E-state index contributed by atoms with van der Waals surface area (Å²) in [5.41, 5.74) is 4.64. The van der Waals surface area contributed by atoms with Crippen molar-refractivity contribution in [2.75, 3.05) is 13.2 Å². The number of amides is 2. The molecular weight excluding hydrogens is 444 g/mol. The Morgan fingerprint density at radius 1 is 0.971 bits per heavy atom. The van der Waals surface area contributed by atoms with Gasteiger partial charge in [-0.25, -0.2) is 4.79 Å². The van der Waals surface area contributed by atoms with Crippen LogP contribution in [-0.2, 0) is 14.3 Å². The third-order valence-electron chi connectivity index (χ3n) is 7.36. The van der Waals surface area contributed by atoms with Crippen LogP contribution >= 0.6 is 0 Å². The zero-order chi connectivity index (χ0) is 24.8. The fraction of sp³-hybridized carbons (Fsp3) is 0.464. The normalized spacial score (nSPS) is 20.1. The number of carboxylic acids is 1. The minimum atomic E-state index is -0.915. The third-order valence-corrected chi connectivity index (χ3v) is 7.36. The van der Waals surface area contributed by atoms with Crippen LogP contribution in [0.3, 0.4) is 0 Å². The molecule has 2 aromatic rings. The Balaban J connectivity index is 1.38. The monoisotopic (exact) mass is 478 g/mol. The summed E-state index contributed by atoms with van der Waals surface area (Å²) in [6.07, 6.45) is 4.10. The Bertz CT molecular complexity index is 1020. The number of ether oxygens (including phenoxy) is 1. The van der Waals surface area contributed by atoms with Crippen LogP contribution in [0.4, 0.5) is 4.79 Å². The molecule has 186 valence electrons. The molecule has 2 aliphatic carbocycles. The minimum Gasteiger partial charge on any atom is -0.481 e. The highest BCUT2D eigenvalue weighted by atomic mass is 16.5. The Morgan fingerprint density at radius 2 is 1.60 bits per heavy atom. The third kappa shape index (κ3) is 5.66. The molecule has 3 atom stereocenters. The smallest absolute Gasteiger partial charge is 0.407 e. The Labute approximate surface area is 206 Å². The van der Waals surface area contributed by atoms with E-state index in [-0.39, 0.29) is 31.0 Å². The first kappa shape index (κ1) is 24.8. The Hall–Kier alpha value is -3.35. The number of carboxylic acid groups (broad SMARTS) is 1. The quantitative estimate of drug-likeness (QED) is 0.477. The molecule has 4 rings (SSSR count). The van der Waals surface area contributed by atoms with Crippen LogP contribution in [0.25, 0.3) is 11.1 Å². The number of hydrogen-bond acceptors (Lipinski definition) is 4. The van der Waals surface area contributed by atoms with Crippen LogP contribution in [0.15, 0.2) is 48.5 Å². The van der Waals surface area contributed by atoms with Gasteiger partial charge in [0.25, 0.3) is 0 Å². The summed E-state index contributed by atoms with van der Waals surface area (Å²) in [6, 6.07) is 16.0. The first-order valence-corrected chi connectivity index (χ1v) is 12.6. The van der Waals surface area contributed by atoms with Gasteiger partial charge in [-0.3, -0.25) is 9.59 Å². The second-order valence-electron chi connectivity index (χ2n) is 9.51. The van der Waals surface area contributed by atoms with Crippen LogP contribution < -0.4 is 10.6 Å². The molecule has 0 aliphatic heterocycles. The number of carbonyl (C=O) groups is 3. The van der Waals surface area contributed by atoms with Crippen molar-refractivity contribution in [3.63, 3.8) is 0 Å². The first-order chi connectivity index (χ1) is 17.0. The molecule has 0 bridgehead atoms. The standard InChI is InChI=1S/C28H34N2O5/c1-2-18(27(32)33)16-29-26(31)23-14-4-3-5-15-25(23)30-28(34)35-17-24-21-12-8-6-10-19(21)20-11-7-9-13-22(20)24/h6-13,18,23-25H,2-5,14-17H2,1H3,(H,29,31)(H,30,34)(H,32,33)/t18?,23-,25+/m0/s1. The SMILES string of the molecule is CCC(CNC(=O)[C@H]1CCCCC[C@H]1NC(=O)OCC1c2ccccc2-c2ccccc21)C(=O)O. The van der Waals surface area contributed by atoms with Gasteiger partial charge in [-0.2, -0.15) is 0 Å². The van der Waals surface area contributed by atoms with Crippen molar-refractivity contribution in [3.05, 3.63) is 59.7 Å². The van der Waals surface area contributed by atoms with Gasteiger partial charge in [0.05, 0.1) is 11.8 Å². The van der Waals surface area contributed by atoms with E-state index in [4.69, 9.17) is 4.74 Å². The molecular formula is C28H34N2O5. The lowest BCUT2D eigenvalue weighted by Gasteiger charge is -2.26. The minimum absolute atomic E-state index is 0.0247. The van der Waals surface area contributed by atoms with Crippen molar-refractivity contribution in [2.45, 2.75) is 57.4 Å². The summed E-state index contributed by atoms with van der Waals surface area (Å²) < 4.78 is 5.70. The molecule has 0 aromatic heterocycles. The number of aliphatic carboxylic acids is 1. The molecule has 0 radical (unpaired) electrons. The van der Waals surface area contributed by atoms with Gasteiger partial charge in [-0.15, -0.1) is 0 Å². The number of carbonyl (C=O) groups excluding carboxylic acids is 2. The lowest BCUT2D eigenvalue weighted by atomic mass is 9.93. The van der Waals surface area contributed by atoms with Crippen LogP contribution in [0.5, 0.6) is 0 Å². The van der Waals surface area contributed by atoms with Crippen molar-refractivity contribution in [2.24, 2.45) is 11.8 Å². The van der Waals surface area contributed by atoms with Crippen molar-refractivity contribution in [1.29, 1.82) is 0 Å². The number of fused-ring (bicyclic) bond motifs is 3. The van der Waals surface area contributed by atoms with Gasteiger partial charge in [0, 0.05) is 18.5 Å². The number of benzene rings is 2. The van der Waals surface area contributed by atoms with Gasteiger partial charge in [0.15, 0.2) is 0 Å². The van der Waals surface area contributed by atoms with E-state index in [0.717, 1.165) is 30.4 Å². The van der Waals surface area contributed by atoms with Crippen molar-refractivity contribution in [1.82, 2.24) is 10.6 Å². The van der Waals surface area contributed by atoms with E-state index in [1.165, 1.54) is 11.1 Å². The number of hydrogen-bond donors (Lipinski definition) is 3. The van der Waals surface area contributed by atoms with Gasteiger partial charge >= 0.3 is 12.1 Å². The molecule has 2 amide bonds. The second kappa shape index (κ2) is 11.4. The molecule has 0 saturated heterocycles. The largest absolute Gasteiger partial charge is 0.481 e. The van der Waals surface area contributed by atoms with Crippen molar-refractivity contribution in [3.8, 4) is 11.1 Å². The summed E-state index contributed by atoms with van der Waals surface area (Å²) in [5, 5.41) is 15.0. The second-order valence-corrected chi connectivity index (χ2v) is 9.51. The number of alkyl carbamates (subject to hydrolysis) is 1. The zero-order valence-electron chi connectivity index (χ0n) is 20.2. The van der Waals surface area contributed by atoms with Crippen LogP contribution in [0, 0.1) is 11.8 Å². The molecule has 35 heavy (non-hydrogen) atoms. The van der Waals surface area contributed by atoms with E-state index in [2.05, 4.69) is 34.9 Å². The van der Waals surface area contributed by atoms with E-state index < -0.39 is 23.9 Å². The maximum absolute atomic E-state index is 12.9. The van der Waals surface area contributed by atoms with Gasteiger partial charge in [-0.05, 0) is 41.5 Å². The predicted octanol–water partition coefficient (Wildman–Crippen LogP) is 4.70. The van der Waals surface area contributed by atoms with Crippen molar-refractivity contribution < 1.29 is 24.2 Å². The Kier molecular flexibility index (Phi) is 8.06. The molecule has 2 aromatic carbocycles. The van der Waals surface area contributed by atoms with Crippen LogP contribution in [-0.4, -0.2) is 42.3 Å². The number of rotatable bonds is 8. The maximum Gasteiger partial charge on any atom is 0.407 e. The number of nitrogens with one attached hydrogen (secondary N) is 2. The van der Waals surface area contributed by atoms with Gasteiger partial charge in [0.2, 0.25) is 5.91 Å². The molecule has 0 heterocycles. The summed E-state index contributed by atoms with van der Waals surface area (Å²) in [6.45, 7) is 2.11. The maximum atomic E-state index is 12.9. The van der Waals surface area contributed by atoms with Gasteiger partial charge < -0.3 is 20.5 Å². The van der Waals surface area contributed by atoms with Crippen LogP contribution in [0.1, 0.15) is 62.5 Å². The first-order valence-electron chi connectivity index (χ1n) is 12.6. The summed E-state index contributed by atoms with van der Waals surface area (Å²) in [7, 11) is 0. The molecule has 1 fully saturated rings.